The molecule has 0 saturated carbocycles. The van der Waals surface area contributed by atoms with Crippen molar-refractivity contribution < 1.29 is 0 Å². The molecule has 0 atom stereocenters. The van der Waals surface area contributed by atoms with Gasteiger partial charge in [-0.3, -0.25) is 4.99 Å². The van der Waals surface area contributed by atoms with E-state index in [1.165, 1.54) is 65.0 Å². The molecular formula is C16H33N5. The lowest BCUT2D eigenvalue weighted by Gasteiger charge is -2.33. The Bertz CT molecular complexity index is 304. The largest absolute Gasteiger partial charge is 0.370 e. The van der Waals surface area contributed by atoms with Crippen LogP contribution in [0.3, 0.4) is 0 Å². The first kappa shape index (κ1) is 16.6. The molecule has 0 aromatic heterocycles. The Morgan fingerprint density at radius 1 is 0.905 bits per heavy atom. The van der Waals surface area contributed by atoms with E-state index in [0.29, 0.717) is 0 Å². The summed E-state index contributed by atoms with van der Waals surface area (Å²) in [7, 11) is 0. The van der Waals surface area contributed by atoms with Gasteiger partial charge in [0.05, 0.1) is 0 Å². The van der Waals surface area contributed by atoms with Crippen LogP contribution in [0.1, 0.15) is 39.0 Å². The van der Waals surface area contributed by atoms with Crippen molar-refractivity contribution in [2.75, 3.05) is 58.9 Å². The van der Waals surface area contributed by atoms with Gasteiger partial charge in [0.15, 0.2) is 5.96 Å². The van der Waals surface area contributed by atoms with E-state index in [2.05, 4.69) is 26.6 Å². The molecule has 21 heavy (non-hydrogen) atoms. The predicted molar refractivity (Wildman–Crippen MR) is 89.7 cm³/mol. The minimum absolute atomic E-state index is 0.770. The molecule has 0 spiro atoms. The molecule has 0 unspecified atom stereocenters. The molecule has 5 heteroatoms. The Morgan fingerprint density at radius 3 is 2.24 bits per heavy atom. The van der Waals surface area contributed by atoms with E-state index in [9.17, 15) is 0 Å². The maximum absolute atomic E-state index is 6.06. The Labute approximate surface area is 130 Å². The zero-order valence-electron chi connectivity index (χ0n) is 13.8. The first-order valence-electron chi connectivity index (χ1n) is 8.79. The predicted octanol–water partition coefficient (Wildman–Crippen LogP) is 1.20. The summed E-state index contributed by atoms with van der Waals surface area (Å²) in [5.74, 6) is 0.770. The summed E-state index contributed by atoms with van der Waals surface area (Å²) < 4.78 is 0. The maximum Gasteiger partial charge on any atom is 0.191 e. The highest BCUT2D eigenvalue weighted by molar-refractivity contribution is 5.78. The summed E-state index contributed by atoms with van der Waals surface area (Å²) in [6.07, 6.45) is 6.26. The van der Waals surface area contributed by atoms with Gasteiger partial charge in [-0.25, -0.2) is 0 Å². The van der Waals surface area contributed by atoms with Crippen LogP contribution in [0.25, 0.3) is 0 Å². The number of piperazine rings is 1. The summed E-state index contributed by atoms with van der Waals surface area (Å²) >= 11 is 0. The summed E-state index contributed by atoms with van der Waals surface area (Å²) in [4.78, 5) is 11.9. The van der Waals surface area contributed by atoms with Crippen molar-refractivity contribution in [1.82, 2.24) is 14.7 Å². The molecule has 5 nitrogen and oxygen atoms in total. The Balaban J connectivity index is 1.53. The molecule has 2 rings (SSSR count). The summed E-state index contributed by atoms with van der Waals surface area (Å²) in [6.45, 7) is 12.7. The molecule has 122 valence electrons. The van der Waals surface area contributed by atoms with E-state index in [1.54, 1.807) is 0 Å². The second-order valence-electron chi connectivity index (χ2n) is 6.27. The topological polar surface area (TPSA) is 48.1 Å². The first-order chi connectivity index (χ1) is 10.3. The molecule has 0 aliphatic carbocycles. The van der Waals surface area contributed by atoms with Crippen molar-refractivity contribution in [2.24, 2.45) is 10.7 Å². The van der Waals surface area contributed by atoms with E-state index in [-0.39, 0.29) is 0 Å². The molecule has 2 aliphatic heterocycles. The molecule has 2 saturated heterocycles. The van der Waals surface area contributed by atoms with Crippen molar-refractivity contribution in [3.8, 4) is 0 Å². The van der Waals surface area contributed by atoms with E-state index in [1.807, 2.05) is 0 Å². The minimum atomic E-state index is 0.770. The molecular weight excluding hydrogens is 262 g/mol. The SMILES string of the molecule is CCN1CCN(CCCCN=C(N)N2CCCCC2)CC1. The highest BCUT2D eigenvalue weighted by atomic mass is 15.3. The summed E-state index contributed by atoms with van der Waals surface area (Å²) in [6, 6.07) is 0. The van der Waals surface area contributed by atoms with Crippen LogP contribution in [0.4, 0.5) is 0 Å². The van der Waals surface area contributed by atoms with Crippen LogP contribution in [0.2, 0.25) is 0 Å². The third-order valence-electron chi connectivity index (χ3n) is 4.75. The average Bonchev–Trinajstić information content (AvgIpc) is 2.55. The number of hydrogen-bond acceptors (Lipinski definition) is 3. The summed E-state index contributed by atoms with van der Waals surface area (Å²) in [5, 5.41) is 0. The van der Waals surface area contributed by atoms with Crippen LogP contribution in [-0.4, -0.2) is 79.6 Å². The van der Waals surface area contributed by atoms with Gasteiger partial charge in [-0.05, 0) is 45.2 Å². The third kappa shape index (κ3) is 5.83. The fourth-order valence-electron chi connectivity index (χ4n) is 3.19. The lowest BCUT2D eigenvalue weighted by Crippen LogP contribution is -2.46. The van der Waals surface area contributed by atoms with Gasteiger partial charge in [0.1, 0.15) is 0 Å². The second kappa shape index (κ2) is 9.26. The molecule has 2 heterocycles. The Hall–Kier alpha value is -0.810. The zero-order valence-corrected chi connectivity index (χ0v) is 13.8. The highest BCUT2D eigenvalue weighted by Gasteiger charge is 2.14. The number of nitrogens with two attached hydrogens (primary N) is 1. The number of aliphatic imine (C=N–C) groups is 1. The Kier molecular flexibility index (Phi) is 7.30. The smallest absolute Gasteiger partial charge is 0.191 e. The molecule has 0 radical (unpaired) electrons. The van der Waals surface area contributed by atoms with Gasteiger partial charge in [0.25, 0.3) is 0 Å². The van der Waals surface area contributed by atoms with Crippen molar-refractivity contribution in [3.63, 3.8) is 0 Å². The number of nitrogens with zero attached hydrogens (tertiary/aromatic N) is 4. The van der Waals surface area contributed by atoms with Gasteiger partial charge in [0, 0.05) is 45.8 Å². The number of guanidine groups is 1. The monoisotopic (exact) mass is 295 g/mol. The maximum atomic E-state index is 6.06. The lowest BCUT2D eigenvalue weighted by molar-refractivity contribution is 0.136. The van der Waals surface area contributed by atoms with Crippen LogP contribution in [-0.2, 0) is 0 Å². The quantitative estimate of drug-likeness (QED) is 0.454. The van der Waals surface area contributed by atoms with Crippen molar-refractivity contribution in [3.05, 3.63) is 0 Å². The van der Waals surface area contributed by atoms with Gasteiger partial charge >= 0.3 is 0 Å². The third-order valence-corrected chi connectivity index (χ3v) is 4.75. The van der Waals surface area contributed by atoms with Crippen LogP contribution in [0.5, 0.6) is 0 Å². The van der Waals surface area contributed by atoms with Crippen LogP contribution < -0.4 is 5.73 Å². The molecule has 0 amide bonds. The van der Waals surface area contributed by atoms with E-state index < -0.39 is 0 Å². The molecule has 0 aromatic carbocycles. The number of unbranched alkanes of at least 4 members (excludes halogenated alkanes) is 1. The number of rotatable bonds is 6. The fourth-order valence-corrected chi connectivity index (χ4v) is 3.19. The zero-order chi connectivity index (χ0) is 14.9. The van der Waals surface area contributed by atoms with Crippen molar-refractivity contribution in [2.45, 2.75) is 39.0 Å². The number of hydrogen-bond donors (Lipinski definition) is 1. The number of likely N-dealkylation sites (tertiary alicyclic amines) is 1. The van der Waals surface area contributed by atoms with E-state index >= 15 is 0 Å². The highest BCUT2D eigenvalue weighted by Crippen LogP contribution is 2.08. The molecule has 0 aromatic rings. The summed E-state index contributed by atoms with van der Waals surface area (Å²) in [5.41, 5.74) is 6.06. The molecule has 2 fully saturated rings. The number of likely N-dealkylation sites (N-methyl/N-ethyl adjacent to an activating group) is 1. The van der Waals surface area contributed by atoms with Crippen LogP contribution in [0.15, 0.2) is 4.99 Å². The number of piperidine rings is 1. The van der Waals surface area contributed by atoms with E-state index in [0.717, 1.165) is 32.0 Å². The normalized spacial score (nSPS) is 22.7. The first-order valence-corrected chi connectivity index (χ1v) is 8.79. The molecule has 0 bridgehead atoms. The lowest BCUT2D eigenvalue weighted by atomic mass is 10.1. The Morgan fingerprint density at radius 2 is 1.57 bits per heavy atom. The van der Waals surface area contributed by atoms with Gasteiger partial charge in [-0.2, -0.15) is 0 Å². The second-order valence-corrected chi connectivity index (χ2v) is 6.27. The average molecular weight is 295 g/mol. The van der Waals surface area contributed by atoms with E-state index in [4.69, 9.17) is 5.73 Å². The van der Waals surface area contributed by atoms with Crippen LogP contribution in [0, 0.1) is 0 Å². The van der Waals surface area contributed by atoms with Crippen molar-refractivity contribution >= 4 is 5.96 Å². The minimum Gasteiger partial charge on any atom is -0.370 e. The van der Waals surface area contributed by atoms with Gasteiger partial charge in [-0.1, -0.05) is 6.92 Å². The van der Waals surface area contributed by atoms with Gasteiger partial charge < -0.3 is 20.4 Å². The van der Waals surface area contributed by atoms with Gasteiger partial charge in [-0.15, -0.1) is 0 Å². The van der Waals surface area contributed by atoms with Crippen molar-refractivity contribution in [1.29, 1.82) is 0 Å². The molecule has 2 N–H and O–H groups in total. The molecule has 2 aliphatic rings. The standard InChI is InChI=1S/C16H33N5/c1-2-19-12-14-20(15-13-19)9-7-4-8-18-16(17)21-10-5-3-6-11-21/h2-15H2,1H3,(H2,17,18). The fraction of sp³-hybridized carbons (Fsp3) is 0.938. The van der Waals surface area contributed by atoms with Crippen LogP contribution >= 0.6 is 0 Å². The van der Waals surface area contributed by atoms with Gasteiger partial charge in [0.2, 0.25) is 0 Å².